The lowest BCUT2D eigenvalue weighted by molar-refractivity contribution is -0.120. The molecule has 1 amide bonds. The second-order valence-electron chi connectivity index (χ2n) is 3.60. The maximum atomic E-state index is 11.6. The lowest BCUT2D eigenvalue weighted by atomic mass is 10.2. The number of hydrogen-bond acceptors (Lipinski definition) is 2. The highest BCUT2D eigenvalue weighted by molar-refractivity contribution is 6.19. The smallest absolute Gasteiger partial charge is 0.224 e. The first-order valence-electron chi connectivity index (χ1n) is 6.00. The van der Waals surface area contributed by atoms with Gasteiger partial charge in [-0.1, -0.05) is 20.3 Å². The first-order chi connectivity index (χ1) is 8.19. The fourth-order valence-electron chi connectivity index (χ4n) is 1.33. The van der Waals surface area contributed by atoms with Crippen molar-refractivity contribution in [3.05, 3.63) is 23.6 Å². The first kappa shape index (κ1) is 16.0. The molecule has 4 heteroatoms. The van der Waals surface area contributed by atoms with E-state index in [4.69, 9.17) is 16.3 Å². The van der Waals surface area contributed by atoms with E-state index >= 15 is 0 Å². The standard InChI is InChI=1S/C13H22ClNO2/c1-4-6-8-13(16)15-11(9-10-14)12(17-3)7-5-2/h7,9H,4-6,8,10H2,1-3H3,(H,15,16)/b11-9+,12-7+. The molecule has 0 bridgehead atoms. The number of ether oxygens (including phenoxy) is 1. The maximum absolute atomic E-state index is 11.6. The van der Waals surface area contributed by atoms with E-state index in [1.165, 1.54) is 0 Å². The number of methoxy groups -OCH3 is 1. The fraction of sp³-hybridized carbons (Fsp3) is 0.615. The molecule has 0 saturated carbocycles. The third-order valence-electron chi connectivity index (χ3n) is 2.19. The Balaban J connectivity index is 4.59. The van der Waals surface area contributed by atoms with Crippen LogP contribution in [0.1, 0.15) is 39.5 Å². The summed E-state index contributed by atoms with van der Waals surface area (Å²) in [5, 5.41) is 2.83. The molecule has 0 rings (SSSR count). The largest absolute Gasteiger partial charge is 0.495 e. The Bertz CT molecular complexity index is 285. The van der Waals surface area contributed by atoms with Gasteiger partial charge in [-0.25, -0.2) is 0 Å². The van der Waals surface area contributed by atoms with Crippen LogP contribution in [0, 0.1) is 0 Å². The summed E-state index contributed by atoms with van der Waals surface area (Å²) in [5.74, 6) is 1.01. The highest BCUT2D eigenvalue weighted by Gasteiger charge is 2.08. The molecule has 0 aliphatic heterocycles. The monoisotopic (exact) mass is 259 g/mol. The van der Waals surface area contributed by atoms with Crippen molar-refractivity contribution in [3.8, 4) is 0 Å². The summed E-state index contributed by atoms with van der Waals surface area (Å²) in [6.45, 7) is 4.07. The minimum atomic E-state index is 0.00210. The summed E-state index contributed by atoms with van der Waals surface area (Å²) in [7, 11) is 1.59. The Morgan fingerprint density at radius 3 is 2.53 bits per heavy atom. The molecular weight excluding hydrogens is 238 g/mol. The molecule has 0 aromatic rings. The van der Waals surface area contributed by atoms with Gasteiger partial charge < -0.3 is 10.1 Å². The van der Waals surface area contributed by atoms with Crippen molar-refractivity contribution in [1.82, 2.24) is 5.32 Å². The molecule has 1 N–H and O–H groups in total. The van der Waals surface area contributed by atoms with Gasteiger partial charge in [0.15, 0.2) is 0 Å². The SMILES string of the molecule is CC/C=C(OC)\C(=C/CCl)NC(=O)CCCC. The van der Waals surface area contributed by atoms with E-state index in [-0.39, 0.29) is 5.91 Å². The maximum Gasteiger partial charge on any atom is 0.224 e. The van der Waals surface area contributed by atoms with Gasteiger partial charge in [-0.15, -0.1) is 11.6 Å². The van der Waals surface area contributed by atoms with E-state index in [0.717, 1.165) is 19.3 Å². The summed E-state index contributed by atoms with van der Waals surface area (Å²) in [6.07, 6.45) is 6.92. The molecule has 0 fully saturated rings. The van der Waals surface area contributed by atoms with E-state index < -0.39 is 0 Å². The van der Waals surface area contributed by atoms with Crippen molar-refractivity contribution in [3.63, 3.8) is 0 Å². The summed E-state index contributed by atoms with van der Waals surface area (Å²) in [6, 6.07) is 0. The normalized spacial score (nSPS) is 12.5. The summed E-state index contributed by atoms with van der Waals surface area (Å²) >= 11 is 5.67. The topological polar surface area (TPSA) is 38.3 Å². The first-order valence-corrected chi connectivity index (χ1v) is 6.53. The molecule has 0 atom stereocenters. The molecule has 0 aromatic heterocycles. The van der Waals surface area contributed by atoms with Gasteiger partial charge in [-0.05, 0) is 25.0 Å². The van der Waals surface area contributed by atoms with Gasteiger partial charge in [0.05, 0.1) is 12.8 Å². The van der Waals surface area contributed by atoms with Gasteiger partial charge in [0, 0.05) is 12.3 Å². The fourth-order valence-corrected chi connectivity index (χ4v) is 1.48. The Morgan fingerprint density at radius 1 is 1.35 bits per heavy atom. The van der Waals surface area contributed by atoms with E-state index in [2.05, 4.69) is 12.2 Å². The average molecular weight is 260 g/mol. The van der Waals surface area contributed by atoms with Crippen molar-refractivity contribution in [1.29, 1.82) is 0 Å². The average Bonchev–Trinajstić information content (AvgIpc) is 2.33. The molecular formula is C13H22ClNO2. The minimum absolute atomic E-state index is 0.00210. The van der Waals surface area contributed by atoms with Crippen LogP contribution in [0.15, 0.2) is 23.6 Å². The molecule has 0 unspecified atom stereocenters. The number of carbonyl (C=O) groups is 1. The molecule has 0 aliphatic rings. The third-order valence-corrected chi connectivity index (χ3v) is 2.34. The van der Waals surface area contributed by atoms with Crippen LogP contribution in [-0.4, -0.2) is 18.9 Å². The van der Waals surface area contributed by atoms with Gasteiger partial charge in [0.2, 0.25) is 5.91 Å². The Hall–Kier alpha value is -0.960. The zero-order valence-electron chi connectivity index (χ0n) is 10.9. The quantitative estimate of drug-likeness (QED) is 0.412. The molecule has 3 nitrogen and oxygen atoms in total. The number of nitrogens with one attached hydrogen (secondary N) is 1. The minimum Gasteiger partial charge on any atom is -0.495 e. The van der Waals surface area contributed by atoms with Crippen molar-refractivity contribution in [2.75, 3.05) is 13.0 Å². The van der Waals surface area contributed by atoms with Gasteiger partial charge in [0.1, 0.15) is 5.76 Å². The number of unbranched alkanes of at least 4 members (excludes halogenated alkanes) is 1. The Morgan fingerprint density at radius 2 is 2.06 bits per heavy atom. The molecule has 98 valence electrons. The van der Waals surface area contributed by atoms with Crippen LogP contribution in [0.25, 0.3) is 0 Å². The lowest BCUT2D eigenvalue weighted by Gasteiger charge is -2.12. The van der Waals surface area contributed by atoms with Gasteiger partial charge >= 0.3 is 0 Å². The van der Waals surface area contributed by atoms with Crippen LogP contribution in [0.5, 0.6) is 0 Å². The van der Waals surface area contributed by atoms with E-state index in [1.807, 2.05) is 13.0 Å². The summed E-state index contributed by atoms with van der Waals surface area (Å²) in [4.78, 5) is 11.6. The second-order valence-corrected chi connectivity index (χ2v) is 3.91. The number of carbonyl (C=O) groups excluding carboxylic acids is 1. The van der Waals surface area contributed by atoms with E-state index in [9.17, 15) is 4.79 Å². The molecule has 0 saturated heterocycles. The number of allylic oxidation sites excluding steroid dienone is 2. The predicted octanol–water partition coefficient (Wildman–Crippen LogP) is 3.36. The lowest BCUT2D eigenvalue weighted by Crippen LogP contribution is -2.24. The van der Waals surface area contributed by atoms with Gasteiger partial charge in [-0.2, -0.15) is 0 Å². The number of amides is 1. The Kier molecular flexibility index (Phi) is 9.63. The second kappa shape index (κ2) is 10.2. The highest BCUT2D eigenvalue weighted by Crippen LogP contribution is 2.10. The molecule has 0 spiro atoms. The van der Waals surface area contributed by atoms with Crippen molar-refractivity contribution >= 4 is 17.5 Å². The van der Waals surface area contributed by atoms with Crippen LogP contribution in [0.3, 0.4) is 0 Å². The highest BCUT2D eigenvalue weighted by atomic mass is 35.5. The molecule has 0 radical (unpaired) electrons. The summed E-state index contributed by atoms with van der Waals surface area (Å²) in [5.41, 5.74) is 0.658. The van der Waals surface area contributed by atoms with Crippen molar-refractivity contribution in [2.45, 2.75) is 39.5 Å². The predicted molar refractivity (Wildman–Crippen MR) is 71.9 cm³/mol. The number of rotatable bonds is 8. The Labute approximate surface area is 109 Å². The van der Waals surface area contributed by atoms with E-state index in [0.29, 0.717) is 23.8 Å². The van der Waals surface area contributed by atoms with E-state index in [1.54, 1.807) is 13.2 Å². The third kappa shape index (κ3) is 7.05. The van der Waals surface area contributed by atoms with Crippen molar-refractivity contribution < 1.29 is 9.53 Å². The number of halogens is 1. The van der Waals surface area contributed by atoms with Crippen LogP contribution in [0.4, 0.5) is 0 Å². The molecule has 17 heavy (non-hydrogen) atoms. The molecule has 0 aliphatic carbocycles. The zero-order chi connectivity index (χ0) is 13.1. The molecule has 0 heterocycles. The van der Waals surface area contributed by atoms with Crippen LogP contribution in [-0.2, 0) is 9.53 Å². The number of hydrogen-bond donors (Lipinski definition) is 1. The van der Waals surface area contributed by atoms with Crippen molar-refractivity contribution in [2.24, 2.45) is 0 Å². The van der Waals surface area contributed by atoms with Gasteiger partial charge in [0.25, 0.3) is 0 Å². The van der Waals surface area contributed by atoms with Crippen LogP contribution in [0.2, 0.25) is 0 Å². The van der Waals surface area contributed by atoms with Gasteiger partial charge in [-0.3, -0.25) is 4.79 Å². The summed E-state index contributed by atoms with van der Waals surface area (Å²) < 4.78 is 5.23. The number of alkyl halides is 1. The molecule has 0 aromatic carbocycles. The van der Waals surface area contributed by atoms with Crippen LogP contribution >= 0.6 is 11.6 Å². The zero-order valence-corrected chi connectivity index (χ0v) is 11.6. The van der Waals surface area contributed by atoms with Crippen LogP contribution < -0.4 is 5.32 Å².